The normalized spacial score (nSPS) is 11.3. The summed E-state index contributed by atoms with van der Waals surface area (Å²) in [5.41, 5.74) is 5.68. The van der Waals surface area contributed by atoms with Gasteiger partial charge in [0.05, 0.1) is 23.4 Å². The number of alkyl halides is 3. The van der Waals surface area contributed by atoms with Gasteiger partial charge in [0, 0.05) is 12.6 Å². The molecule has 0 saturated carbocycles. The molecule has 0 heterocycles. The van der Waals surface area contributed by atoms with Gasteiger partial charge in [0.2, 0.25) is 0 Å². The summed E-state index contributed by atoms with van der Waals surface area (Å²) in [7, 11) is 1.29. The lowest BCUT2D eigenvalue weighted by Gasteiger charge is -2.23. The minimum absolute atomic E-state index is 0.0576. The van der Waals surface area contributed by atoms with Gasteiger partial charge >= 0.3 is 6.18 Å². The van der Waals surface area contributed by atoms with Crippen molar-refractivity contribution in [2.45, 2.75) is 13.1 Å². The largest absolute Gasteiger partial charge is 0.496 e. The summed E-state index contributed by atoms with van der Waals surface area (Å²) >= 11 is 5.79. The molecule has 112 valence electrons. The molecule has 8 heteroatoms. The molecule has 0 bridgehead atoms. The van der Waals surface area contributed by atoms with Crippen molar-refractivity contribution < 1.29 is 22.7 Å². The Morgan fingerprint density at radius 2 is 2.05 bits per heavy atom. The smallest absolute Gasteiger partial charge is 0.406 e. The molecular formula is C12H14ClF3N2O2. The Morgan fingerprint density at radius 3 is 2.50 bits per heavy atom. The van der Waals surface area contributed by atoms with E-state index in [2.05, 4.69) is 0 Å². The second-order valence-electron chi connectivity index (χ2n) is 4.01. The lowest BCUT2D eigenvalue weighted by molar-refractivity contribution is -0.140. The van der Waals surface area contributed by atoms with E-state index in [0.29, 0.717) is 4.90 Å². The number of nitrogens with two attached hydrogens (primary N) is 1. The first-order chi connectivity index (χ1) is 9.19. The van der Waals surface area contributed by atoms with Crippen molar-refractivity contribution in [2.75, 3.05) is 25.9 Å². The number of amides is 1. The maximum atomic E-state index is 12.4. The Morgan fingerprint density at radius 1 is 1.45 bits per heavy atom. The van der Waals surface area contributed by atoms with Gasteiger partial charge in [0.25, 0.3) is 5.91 Å². The van der Waals surface area contributed by atoms with Crippen molar-refractivity contribution >= 4 is 23.2 Å². The monoisotopic (exact) mass is 310 g/mol. The van der Waals surface area contributed by atoms with Gasteiger partial charge in [-0.3, -0.25) is 4.79 Å². The van der Waals surface area contributed by atoms with Crippen LogP contribution in [0, 0.1) is 0 Å². The van der Waals surface area contributed by atoms with Gasteiger partial charge in [-0.15, -0.1) is 0 Å². The maximum Gasteiger partial charge on any atom is 0.406 e. The Bertz CT molecular complexity index is 506. The van der Waals surface area contributed by atoms with Crippen LogP contribution in [0.15, 0.2) is 12.1 Å². The highest BCUT2D eigenvalue weighted by atomic mass is 35.5. The third-order valence-corrected chi connectivity index (χ3v) is 2.92. The van der Waals surface area contributed by atoms with E-state index in [1.807, 2.05) is 0 Å². The van der Waals surface area contributed by atoms with E-state index in [1.54, 1.807) is 0 Å². The van der Waals surface area contributed by atoms with Crippen molar-refractivity contribution in [1.82, 2.24) is 4.90 Å². The van der Waals surface area contributed by atoms with Gasteiger partial charge in [-0.1, -0.05) is 11.6 Å². The Kier molecular flexibility index (Phi) is 5.10. The molecule has 4 nitrogen and oxygen atoms in total. The molecule has 2 N–H and O–H groups in total. The van der Waals surface area contributed by atoms with E-state index in [-0.39, 0.29) is 28.6 Å². The topological polar surface area (TPSA) is 55.6 Å². The molecule has 0 saturated heterocycles. The van der Waals surface area contributed by atoms with E-state index in [9.17, 15) is 18.0 Å². The number of ether oxygens (including phenoxy) is 1. The van der Waals surface area contributed by atoms with E-state index in [1.165, 1.54) is 26.2 Å². The molecule has 1 rings (SSSR count). The number of benzene rings is 1. The van der Waals surface area contributed by atoms with Crippen LogP contribution in [0.25, 0.3) is 0 Å². The van der Waals surface area contributed by atoms with Crippen LogP contribution in [0.5, 0.6) is 5.75 Å². The number of anilines is 1. The molecule has 1 aromatic rings. The van der Waals surface area contributed by atoms with Crippen molar-refractivity contribution in [3.63, 3.8) is 0 Å². The summed E-state index contributed by atoms with van der Waals surface area (Å²) in [6.07, 6.45) is -4.48. The lowest BCUT2D eigenvalue weighted by Crippen LogP contribution is -2.38. The predicted molar refractivity (Wildman–Crippen MR) is 70.0 cm³/mol. The average Bonchev–Trinajstić information content (AvgIpc) is 2.36. The highest BCUT2D eigenvalue weighted by Gasteiger charge is 2.33. The van der Waals surface area contributed by atoms with Gasteiger partial charge < -0.3 is 15.4 Å². The van der Waals surface area contributed by atoms with Gasteiger partial charge in [-0.25, -0.2) is 0 Å². The van der Waals surface area contributed by atoms with Crippen LogP contribution in [0.4, 0.5) is 18.9 Å². The number of hydrogen-bond donors (Lipinski definition) is 1. The molecule has 20 heavy (non-hydrogen) atoms. The molecule has 1 aromatic carbocycles. The highest BCUT2D eigenvalue weighted by molar-refractivity contribution is 6.33. The first kappa shape index (κ1) is 16.4. The summed E-state index contributed by atoms with van der Waals surface area (Å²) in [4.78, 5) is 12.8. The third kappa shape index (κ3) is 3.93. The molecule has 1 amide bonds. The maximum absolute atomic E-state index is 12.4. The molecular weight excluding hydrogens is 297 g/mol. The van der Waals surface area contributed by atoms with E-state index in [0.717, 1.165) is 0 Å². The Hall–Kier alpha value is -1.63. The van der Waals surface area contributed by atoms with Crippen molar-refractivity contribution in [3.8, 4) is 5.75 Å². The summed E-state index contributed by atoms with van der Waals surface area (Å²) < 4.78 is 42.2. The van der Waals surface area contributed by atoms with Gasteiger partial charge in [0.1, 0.15) is 12.3 Å². The van der Waals surface area contributed by atoms with Gasteiger partial charge in [0.15, 0.2) is 0 Å². The zero-order chi connectivity index (χ0) is 15.5. The second-order valence-corrected chi connectivity index (χ2v) is 4.42. The van der Waals surface area contributed by atoms with Crippen LogP contribution in [0.2, 0.25) is 5.02 Å². The van der Waals surface area contributed by atoms with E-state index >= 15 is 0 Å². The van der Waals surface area contributed by atoms with Crippen LogP contribution in [0.3, 0.4) is 0 Å². The van der Waals surface area contributed by atoms with Crippen LogP contribution in [-0.4, -0.2) is 37.2 Å². The average molecular weight is 311 g/mol. The molecule has 0 aliphatic rings. The van der Waals surface area contributed by atoms with E-state index in [4.69, 9.17) is 22.1 Å². The number of halogens is 4. The number of carbonyl (C=O) groups excluding carboxylic acids is 1. The summed E-state index contributed by atoms with van der Waals surface area (Å²) in [5.74, 6) is -0.735. The number of nitrogen functional groups attached to an aromatic ring is 1. The number of carbonyl (C=O) groups is 1. The van der Waals surface area contributed by atoms with Crippen LogP contribution in [-0.2, 0) is 0 Å². The zero-order valence-electron chi connectivity index (χ0n) is 10.9. The van der Waals surface area contributed by atoms with Crippen LogP contribution < -0.4 is 10.5 Å². The summed E-state index contributed by atoms with van der Waals surface area (Å²) in [6.45, 7) is 0.0198. The molecule has 0 atom stereocenters. The molecule has 0 aromatic heterocycles. The first-order valence-electron chi connectivity index (χ1n) is 5.68. The molecule has 0 radical (unpaired) electrons. The Balaban J connectivity index is 3.15. The highest BCUT2D eigenvalue weighted by Crippen LogP contribution is 2.30. The standard InChI is InChI=1S/C12H14ClF3N2O2/c1-3-18(6-12(14,15)16)11(19)7-4-8(13)9(17)5-10(7)20-2/h4-5H,3,6,17H2,1-2H3. The third-order valence-electron chi connectivity index (χ3n) is 2.59. The molecule has 0 aliphatic carbocycles. The zero-order valence-corrected chi connectivity index (χ0v) is 11.7. The fourth-order valence-corrected chi connectivity index (χ4v) is 1.78. The Labute approximate surface area is 119 Å². The number of methoxy groups -OCH3 is 1. The number of nitrogens with zero attached hydrogens (tertiary/aromatic N) is 1. The summed E-state index contributed by atoms with van der Waals surface area (Å²) in [6, 6.07) is 2.51. The van der Waals surface area contributed by atoms with Crippen molar-refractivity contribution in [2.24, 2.45) is 0 Å². The molecule has 0 fully saturated rings. The van der Waals surface area contributed by atoms with Crippen LogP contribution >= 0.6 is 11.6 Å². The minimum atomic E-state index is -4.48. The lowest BCUT2D eigenvalue weighted by atomic mass is 10.1. The molecule has 0 unspecified atom stereocenters. The second kappa shape index (κ2) is 6.21. The number of hydrogen-bond acceptors (Lipinski definition) is 3. The van der Waals surface area contributed by atoms with Crippen LogP contribution in [0.1, 0.15) is 17.3 Å². The minimum Gasteiger partial charge on any atom is -0.496 e. The van der Waals surface area contributed by atoms with Crippen molar-refractivity contribution in [3.05, 3.63) is 22.7 Å². The van der Waals surface area contributed by atoms with Gasteiger partial charge in [-0.2, -0.15) is 13.2 Å². The quantitative estimate of drug-likeness (QED) is 0.870. The van der Waals surface area contributed by atoms with Gasteiger partial charge in [-0.05, 0) is 13.0 Å². The molecule has 0 spiro atoms. The fraction of sp³-hybridized carbons (Fsp3) is 0.417. The van der Waals surface area contributed by atoms with Crippen molar-refractivity contribution in [1.29, 1.82) is 0 Å². The number of rotatable bonds is 4. The first-order valence-corrected chi connectivity index (χ1v) is 6.06. The SMILES string of the molecule is CCN(CC(F)(F)F)C(=O)c1cc(Cl)c(N)cc1OC. The predicted octanol–water partition coefficient (Wildman–Crippen LogP) is 2.96. The fourth-order valence-electron chi connectivity index (χ4n) is 1.62. The molecule has 0 aliphatic heterocycles. The summed E-state index contributed by atoms with van der Waals surface area (Å²) in [5, 5.41) is 0.0808. The van der Waals surface area contributed by atoms with E-state index < -0.39 is 18.6 Å².